The summed E-state index contributed by atoms with van der Waals surface area (Å²) in [5.74, 6) is 0.341. The second-order valence-corrected chi connectivity index (χ2v) is 5.16. The van der Waals surface area contributed by atoms with Crippen LogP contribution in [0.2, 0.25) is 10.0 Å². The summed E-state index contributed by atoms with van der Waals surface area (Å²) >= 11 is 11.8. The fourth-order valence-electron chi connectivity index (χ4n) is 1.74. The lowest BCUT2D eigenvalue weighted by atomic mass is 10.1. The van der Waals surface area contributed by atoms with E-state index in [4.69, 9.17) is 33.2 Å². The first-order chi connectivity index (χ1) is 10.1. The molecule has 2 aromatic rings. The summed E-state index contributed by atoms with van der Waals surface area (Å²) in [5.41, 5.74) is 1.28. The smallest absolute Gasteiger partial charge is 0.201 e. The predicted octanol–water partition coefficient (Wildman–Crippen LogP) is 4.32. The van der Waals surface area contributed by atoms with Gasteiger partial charge in [-0.25, -0.2) is 0 Å². The number of ketones is 1. The Labute approximate surface area is 132 Å². The number of carbonyl (C=O) groups excluding carboxylic acids is 1. The second kappa shape index (κ2) is 7.12. The summed E-state index contributed by atoms with van der Waals surface area (Å²) in [6.07, 6.45) is 0.347. The normalized spacial score (nSPS) is 9.95. The molecule has 0 unspecified atom stereocenters. The summed E-state index contributed by atoms with van der Waals surface area (Å²) in [6.45, 7) is -0.112. The van der Waals surface area contributed by atoms with E-state index in [1.54, 1.807) is 36.4 Å². The highest BCUT2D eigenvalue weighted by molar-refractivity contribution is 6.36. The number of halogens is 2. The fourth-order valence-corrected chi connectivity index (χ4v) is 2.25. The maximum Gasteiger partial charge on any atom is 0.201 e. The van der Waals surface area contributed by atoms with Crippen molar-refractivity contribution in [3.8, 4) is 11.8 Å². The van der Waals surface area contributed by atoms with Gasteiger partial charge in [0.15, 0.2) is 6.61 Å². The maximum absolute atomic E-state index is 12.0. The molecule has 21 heavy (non-hydrogen) atoms. The summed E-state index contributed by atoms with van der Waals surface area (Å²) in [4.78, 5) is 12.0. The van der Waals surface area contributed by atoms with E-state index in [0.717, 1.165) is 5.56 Å². The van der Waals surface area contributed by atoms with Gasteiger partial charge >= 0.3 is 0 Å². The van der Waals surface area contributed by atoms with Crippen molar-refractivity contribution in [1.82, 2.24) is 0 Å². The molecule has 5 heteroatoms. The molecule has 0 aliphatic heterocycles. The van der Waals surface area contributed by atoms with Crippen molar-refractivity contribution in [1.29, 1.82) is 5.26 Å². The molecule has 0 N–H and O–H groups in total. The van der Waals surface area contributed by atoms with Crippen LogP contribution in [0.3, 0.4) is 0 Å². The number of rotatable bonds is 5. The minimum absolute atomic E-state index is 0.112. The fraction of sp³-hybridized carbons (Fsp3) is 0.125. The number of benzene rings is 2. The molecule has 0 spiro atoms. The van der Waals surface area contributed by atoms with Crippen LogP contribution in [-0.4, -0.2) is 12.4 Å². The van der Waals surface area contributed by atoms with Crippen LogP contribution in [0.1, 0.15) is 15.9 Å². The van der Waals surface area contributed by atoms with E-state index in [2.05, 4.69) is 6.07 Å². The summed E-state index contributed by atoms with van der Waals surface area (Å²) in [7, 11) is 0. The molecule has 2 rings (SSSR count). The molecule has 2 aromatic carbocycles. The molecule has 106 valence electrons. The third-order valence-electron chi connectivity index (χ3n) is 2.81. The van der Waals surface area contributed by atoms with E-state index in [1.165, 1.54) is 6.07 Å². The third-order valence-corrected chi connectivity index (χ3v) is 3.36. The van der Waals surface area contributed by atoms with Gasteiger partial charge in [0.05, 0.1) is 17.5 Å². The minimum Gasteiger partial charge on any atom is -0.485 e. The van der Waals surface area contributed by atoms with Crippen LogP contribution in [0.5, 0.6) is 5.75 Å². The molecule has 0 bridgehead atoms. The summed E-state index contributed by atoms with van der Waals surface area (Å²) in [5, 5.41) is 9.37. The first-order valence-corrected chi connectivity index (χ1v) is 6.92. The first kappa shape index (κ1) is 15.4. The van der Waals surface area contributed by atoms with Crippen LogP contribution in [0.4, 0.5) is 0 Å². The van der Waals surface area contributed by atoms with Gasteiger partial charge in [-0.3, -0.25) is 4.79 Å². The number of hydrogen-bond donors (Lipinski definition) is 0. The molecule has 0 saturated carbocycles. The van der Waals surface area contributed by atoms with E-state index >= 15 is 0 Å². The van der Waals surface area contributed by atoms with Crippen LogP contribution in [-0.2, 0) is 6.42 Å². The Kier molecular flexibility index (Phi) is 5.21. The van der Waals surface area contributed by atoms with E-state index in [1.807, 2.05) is 0 Å². The molecule has 0 aromatic heterocycles. The summed E-state index contributed by atoms with van der Waals surface area (Å²) < 4.78 is 5.42. The Morgan fingerprint density at radius 2 is 1.86 bits per heavy atom. The molecule has 0 aliphatic carbocycles. The third kappa shape index (κ3) is 4.22. The first-order valence-electron chi connectivity index (χ1n) is 6.17. The highest BCUT2D eigenvalue weighted by atomic mass is 35.5. The van der Waals surface area contributed by atoms with Gasteiger partial charge in [0.2, 0.25) is 5.78 Å². The minimum atomic E-state index is -0.224. The number of Topliss-reactive ketones (excluding diaryl/α,β-unsaturated/α-hetero) is 1. The highest BCUT2D eigenvalue weighted by Gasteiger charge is 2.11. The van der Waals surface area contributed by atoms with Crippen molar-refractivity contribution < 1.29 is 9.53 Å². The van der Waals surface area contributed by atoms with Gasteiger partial charge in [0, 0.05) is 10.6 Å². The average molecular weight is 320 g/mol. The zero-order chi connectivity index (χ0) is 15.2. The zero-order valence-electron chi connectivity index (χ0n) is 11.0. The van der Waals surface area contributed by atoms with Crippen molar-refractivity contribution in [2.75, 3.05) is 6.61 Å². The van der Waals surface area contributed by atoms with Gasteiger partial charge in [-0.05, 0) is 35.9 Å². The predicted molar refractivity (Wildman–Crippen MR) is 82.0 cm³/mol. The summed E-state index contributed by atoms with van der Waals surface area (Å²) in [6, 6.07) is 13.8. The van der Waals surface area contributed by atoms with E-state index in [9.17, 15) is 4.79 Å². The molecule has 0 saturated heterocycles. The van der Waals surface area contributed by atoms with E-state index in [-0.39, 0.29) is 12.4 Å². The van der Waals surface area contributed by atoms with Crippen LogP contribution in [0.25, 0.3) is 0 Å². The second-order valence-electron chi connectivity index (χ2n) is 4.31. The Morgan fingerprint density at radius 1 is 1.14 bits per heavy atom. The van der Waals surface area contributed by atoms with Crippen molar-refractivity contribution in [2.24, 2.45) is 0 Å². The van der Waals surface area contributed by atoms with Crippen LogP contribution < -0.4 is 4.74 Å². The number of hydrogen-bond acceptors (Lipinski definition) is 3. The lowest BCUT2D eigenvalue weighted by Crippen LogP contribution is -2.12. The van der Waals surface area contributed by atoms with Gasteiger partial charge in [-0.15, -0.1) is 0 Å². The van der Waals surface area contributed by atoms with Crippen molar-refractivity contribution in [2.45, 2.75) is 6.42 Å². The quantitative estimate of drug-likeness (QED) is 0.771. The van der Waals surface area contributed by atoms with Crippen LogP contribution >= 0.6 is 23.2 Å². The molecule has 0 heterocycles. The lowest BCUT2D eigenvalue weighted by molar-refractivity contribution is 0.0921. The average Bonchev–Trinajstić information content (AvgIpc) is 2.46. The van der Waals surface area contributed by atoms with Crippen molar-refractivity contribution in [3.05, 3.63) is 63.6 Å². The molecule has 0 atom stereocenters. The largest absolute Gasteiger partial charge is 0.485 e. The molecule has 3 nitrogen and oxygen atoms in total. The van der Waals surface area contributed by atoms with Gasteiger partial charge in [-0.1, -0.05) is 35.3 Å². The zero-order valence-corrected chi connectivity index (χ0v) is 12.5. The van der Waals surface area contributed by atoms with Crippen LogP contribution in [0, 0.1) is 11.3 Å². The molecule has 0 radical (unpaired) electrons. The molecular weight excluding hydrogens is 309 g/mol. The van der Waals surface area contributed by atoms with Gasteiger partial charge in [0.1, 0.15) is 5.75 Å². The van der Waals surface area contributed by atoms with E-state index < -0.39 is 0 Å². The Balaban J connectivity index is 1.99. The standard InChI is InChI=1S/C16H11Cl2NO2/c17-12-3-6-14(15(18)9-12)16(20)10-21-13-4-1-11(2-5-13)7-8-19/h1-6,9H,7,10H2. The molecular formula is C16H11Cl2NO2. The van der Waals surface area contributed by atoms with Gasteiger partial charge in [-0.2, -0.15) is 5.26 Å². The number of nitriles is 1. The molecule has 0 aliphatic rings. The molecule has 0 fully saturated rings. The van der Waals surface area contributed by atoms with Gasteiger partial charge in [0.25, 0.3) is 0 Å². The van der Waals surface area contributed by atoms with Gasteiger partial charge < -0.3 is 4.74 Å². The van der Waals surface area contributed by atoms with Crippen LogP contribution in [0.15, 0.2) is 42.5 Å². The Hall–Kier alpha value is -2.02. The maximum atomic E-state index is 12.0. The number of ether oxygens (including phenoxy) is 1. The highest BCUT2D eigenvalue weighted by Crippen LogP contribution is 2.22. The Bertz CT molecular complexity index is 690. The monoisotopic (exact) mass is 319 g/mol. The van der Waals surface area contributed by atoms with E-state index in [0.29, 0.717) is 27.8 Å². The number of carbonyl (C=O) groups is 1. The number of nitrogens with zero attached hydrogens (tertiary/aromatic N) is 1. The SMILES string of the molecule is N#CCc1ccc(OCC(=O)c2ccc(Cl)cc2Cl)cc1. The Morgan fingerprint density at radius 3 is 2.48 bits per heavy atom. The topological polar surface area (TPSA) is 50.1 Å². The van der Waals surface area contributed by atoms with Crippen molar-refractivity contribution >= 4 is 29.0 Å². The molecule has 0 amide bonds. The lowest BCUT2D eigenvalue weighted by Gasteiger charge is -2.07. The van der Waals surface area contributed by atoms with Crippen molar-refractivity contribution in [3.63, 3.8) is 0 Å².